The normalized spacial score (nSPS) is 19.0. The average molecular weight is 416 g/mol. The lowest BCUT2D eigenvalue weighted by molar-refractivity contribution is -0.140. The molecule has 2 aromatic carbocycles. The smallest absolute Gasteiger partial charge is 0.233 e. The lowest BCUT2D eigenvalue weighted by Gasteiger charge is -2.38. The molecule has 2 aliphatic heterocycles. The van der Waals surface area contributed by atoms with E-state index in [0.717, 1.165) is 16.8 Å². The molecule has 0 radical (unpaired) electrons. The largest absolute Gasteiger partial charge is 0.341 e. The van der Waals surface area contributed by atoms with Gasteiger partial charge in [-0.3, -0.25) is 9.59 Å². The third kappa shape index (κ3) is 3.60. The first-order chi connectivity index (χ1) is 15.0. The third-order valence-electron chi connectivity index (χ3n) is 6.29. The van der Waals surface area contributed by atoms with Crippen molar-refractivity contribution in [2.45, 2.75) is 26.2 Å². The monoisotopic (exact) mass is 416 g/mol. The molecule has 2 amide bonds. The van der Waals surface area contributed by atoms with E-state index in [0.29, 0.717) is 31.3 Å². The van der Waals surface area contributed by atoms with Crippen LogP contribution in [-0.4, -0.2) is 46.5 Å². The van der Waals surface area contributed by atoms with Crippen LogP contribution in [0.1, 0.15) is 29.4 Å². The van der Waals surface area contributed by atoms with Crippen LogP contribution in [0.5, 0.6) is 0 Å². The second kappa shape index (κ2) is 7.65. The Kier molecular flexibility index (Phi) is 4.81. The van der Waals surface area contributed by atoms with Crippen molar-refractivity contribution in [3.05, 3.63) is 65.5 Å². The Morgan fingerprint density at radius 2 is 1.81 bits per heavy atom. The summed E-state index contributed by atoms with van der Waals surface area (Å²) in [6, 6.07) is 15.6. The maximum Gasteiger partial charge on any atom is 0.233 e. The van der Waals surface area contributed by atoms with Gasteiger partial charge >= 0.3 is 0 Å². The predicted molar refractivity (Wildman–Crippen MR) is 115 cm³/mol. The molecular formula is C24H24N4O3. The summed E-state index contributed by atoms with van der Waals surface area (Å²) in [4.78, 5) is 33.5. The summed E-state index contributed by atoms with van der Waals surface area (Å²) in [5.74, 6) is 0.884. The van der Waals surface area contributed by atoms with Gasteiger partial charge in [0.2, 0.25) is 23.5 Å². The Labute approximate surface area is 180 Å². The predicted octanol–water partition coefficient (Wildman–Crippen LogP) is 3.33. The molecule has 0 saturated carbocycles. The highest BCUT2D eigenvalue weighted by Gasteiger charge is 2.42. The number of carbonyl (C=O) groups is 2. The van der Waals surface area contributed by atoms with E-state index in [-0.39, 0.29) is 30.1 Å². The van der Waals surface area contributed by atoms with Crippen molar-refractivity contribution in [2.75, 3.05) is 24.5 Å². The van der Waals surface area contributed by atoms with Crippen molar-refractivity contribution >= 4 is 17.5 Å². The summed E-state index contributed by atoms with van der Waals surface area (Å²) in [6.45, 7) is 5.60. The highest BCUT2D eigenvalue weighted by Crippen LogP contribution is 2.32. The molecule has 0 bridgehead atoms. The lowest BCUT2D eigenvalue weighted by Crippen LogP contribution is -2.51. The summed E-state index contributed by atoms with van der Waals surface area (Å²) in [5, 5.41) is 4.06. The van der Waals surface area contributed by atoms with Crippen molar-refractivity contribution in [1.29, 1.82) is 0 Å². The Hall–Kier alpha value is -3.48. The van der Waals surface area contributed by atoms with E-state index in [1.807, 2.05) is 62.4 Å². The molecule has 0 spiro atoms. The minimum atomic E-state index is -0.308. The Bertz CT molecular complexity index is 1130. The van der Waals surface area contributed by atoms with Crippen LogP contribution in [0.2, 0.25) is 0 Å². The summed E-state index contributed by atoms with van der Waals surface area (Å²) < 4.78 is 5.43. The van der Waals surface area contributed by atoms with Gasteiger partial charge < -0.3 is 14.3 Å². The standard InChI is InChI=1S/C24H24N4O3/c1-15-8-9-20(10-16(15)2)28-14-18(11-21(28)29)24(30)27-12-19(13-27)23-25-22(26-31-23)17-6-4-3-5-7-17/h3-10,18-19H,11-14H2,1-2H3. The average Bonchev–Trinajstić information content (AvgIpc) is 3.37. The molecule has 1 atom stereocenters. The van der Waals surface area contributed by atoms with Gasteiger partial charge in [-0.25, -0.2) is 0 Å². The van der Waals surface area contributed by atoms with E-state index in [2.05, 4.69) is 10.1 Å². The van der Waals surface area contributed by atoms with Crippen LogP contribution in [-0.2, 0) is 9.59 Å². The number of aryl methyl sites for hydroxylation is 2. The van der Waals surface area contributed by atoms with Crippen molar-refractivity contribution in [1.82, 2.24) is 15.0 Å². The van der Waals surface area contributed by atoms with E-state index in [1.54, 1.807) is 9.80 Å². The van der Waals surface area contributed by atoms with Gasteiger partial charge in [-0.05, 0) is 37.1 Å². The molecule has 3 aromatic rings. The topological polar surface area (TPSA) is 79.5 Å². The maximum atomic E-state index is 13.0. The highest BCUT2D eigenvalue weighted by molar-refractivity contribution is 6.00. The zero-order valence-electron chi connectivity index (χ0n) is 17.6. The Morgan fingerprint density at radius 3 is 2.55 bits per heavy atom. The molecule has 2 saturated heterocycles. The van der Waals surface area contributed by atoms with E-state index in [4.69, 9.17) is 4.52 Å². The van der Waals surface area contributed by atoms with Gasteiger partial charge in [0.05, 0.1) is 11.8 Å². The number of anilines is 1. The molecule has 5 rings (SSSR count). The number of nitrogens with zero attached hydrogens (tertiary/aromatic N) is 4. The maximum absolute atomic E-state index is 13.0. The van der Waals surface area contributed by atoms with Gasteiger partial charge in [0.15, 0.2) is 0 Å². The van der Waals surface area contributed by atoms with Crippen molar-refractivity contribution < 1.29 is 14.1 Å². The number of hydrogen-bond donors (Lipinski definition) is 0. The van der Waals surface area contributed by atoms with E-state index in [1.165, 1.54) is 5.56 Å². The van der Waals surface area contributed by atoms with Gasteiger partial charge in [-0.2, -0.15) is 4.98 Å². The summed E-state index contributed by atoms with van der Waals surface area (Å²) in [5.41, 5.74) is 4.09. The zero-order chi connectivity index (χ0) is 21.5. The third-order valence-corrected chi connectivity index (χ3v) is 6.29. The second-order valence-electron chi connectivity index (χ2n) is 8.44. The van der Waals surface area contributed by atoms with Crippen molar-refractivity contribution in [3.8, 4) is 11.4 Å². The SMILES string of the molecule is Cc1ccc(N2CC(C(=O)N3CC(c4nc(-c5ccccc5)no4)C3)CC2=O)cc1C. The molecule has 1 unspecified atom stereocenters. The van der Waals surface area contributed by atoms with Gasteiger partial charge in [0.25, 0.3) is 0 Å². The molecule has 7 heteroatoms. The molecule has 0 aliphatic carbocycles. The number of carbonyl (C=O) groups excluding carboxylic acids is 2. The van der Waals surface area contributed by atoms with Gasteiger partial charge in [0, 0.05) is 37.3 Å². The Morgan fingerprint density at radius 1 is 1.03 bits per heavy atom. The quantitative estimate of drug-likeness (QED) is 0.652. The second-order valence-corrected chi connectivity index (χ2v) is 8.44. The first-order valence-electron chi connectivity index (χ1n) is 10.5. The van der Waals surface area contributed by atoms with Gasteiger partial charge in [-0.1, -0.05) is 41.6 Å². The number of hydrogen-bond acceptors (Lipinski definition) is 5. The fourth-order valence-electron chi connectivity index (χ4n) is 4.19. The van der Waals surface area contributed by atoms with Crippen LogP contribution >= 0.6 is 0 Å². The molecule has 2 fully saturated rings. The summed E-state index contributed by atoms with van der Waals surface area (Å²) >= 11 is 0. The fourth-order valence-corrected chi connectivity index (χ4v) is 4.19. The number of rotatable bonds is 4. The highest BCUT2D eigenvalue weighted by atomic mass is 16.5. The lowest BCUT2D eigenvalue weighted by atomic mass is 9.96. The summed E-state index contributed by atoms with van der Waals surface area (Å²) in [6.07, 6.45) is 0.256. The van der Waals surface area contributed by atoms with E-state index >= 15 is 0 Å². The minimum Gasteiger partial charge on any atom is -0.341 e. The molecule has 3 heterocycles. The number of aromatic nitrogens is 2. The molecule has 1 aromatic heterocycles. The molecule has 7 nitrogen and oxygen atoms in total. The van der Waals surface area contributed by atoms with Crippen LogP contribution < -0.4 is 4.90 Å². The molecular weight excluding hydrogens is 392 g/mol. The van der Waals surface area contributed by atoms with Crippen LogP contribution in [0.15, 0.2) is 53.1 Å². The van der Waals surface area contributed by atoms with E-state index in [9.17, 15) is 9.59 Å². The molecule has 31 heavy (non-hydrogen) atoms. The summed E-state index contributed by atoms with van der Waals surface area (Å²) in [7, 11) is 0. The minimum absolute atomic E-state index is 0.00285. The number of amides is 2. The first-order valence-corrected chi connectivity index (χ1v) is 10.5. The van der Waals surface area contributed by atoms with Crippen LogP contribution in [0.25, 0.3) is 11.4 Å². The van der Waals surface area contributed by atoms with Crippen molar-refractivity contribution in [3.63, 3.8) is 0 Å². The van der Waals surface area contributed by atoms with Crippen molar-refractivity contribution in [2.24, 2.45) is 5.92 Å². The van der Waals surface area contributed by atoms with Crippen LogP contribution in [0.4, 0.5) is 5.69 Å². The zero-order valence-corrected chi connectivity index (χ0v) is 17.6. The number of likely N-dealkylation sites (tertiary alicyclic amines) is 1. The number of benzene rings is 2. The molecule has 158 valence electrons. The van der Waals surface area contributed by atoms with E-state index < -0.39 is 0 Å². The fraction of sp³-hybridized carbons (Fsp3) is 0.333. The first kappa shape index (κ1) is 19.5. The Balaban J connectivity index is 1.20. The van der Waals surface area contributed by atoms with Gasteiger partial charge in [-0.15, -0.1) is 0 Å². The van der Waals surface area contributed by atoms with Crippen LogP contribution in [0.3, 0.4) is 0 Å². The molecule has 2 aliphatic rings. The van der Waals surface area contributed by atoms with Gasteiger partial charge in [0.1, 0.15) is 0 Å². The molecule has 0 N–H and O–H groups in total. The van der Waals surface area contributed by atoms with Crippen LogP contribution in [0, 0.1) is 19.8 Å².